The van der Waals surface area contributed by atoms with Gasteiger partial charge in [-0.05, 0) is 239 Å². The zero-order valence-corrected chi connectivity index (χ0v) is 71.4. The first-order valence-corrected chi connectivity index (χ1v) is 41.3. The van der Waals surface area contributed by atoms with Crippen LogP contribution in [0.3, 0.4) is 0 Å². The average Bonchev–Trinajstić information content (AvgIpc) is 1.50. The molecule has 0 aromatic heterocycles. The lowest BCUT2D eigenvalue weighted by molar-refractivity contribution is 0.00578. The van der Waals surface area contributed by atoms with Crippen LogP contribution in [-0.4, -0.2) is 93.5 Å². The van der Waals surface area contributed by atoms with Gasteiger partial charge in [0.25, 0.3) is 0 Å². The second-order valence-electron chi connectivity index (χ2n) is 35.1. The summed E-state index contributed by atoms with van der Waals surface area (Å²) < 4.78 is 12.4. The van der Waals surface area contributed by atoms with Crippen LogP contribution < -0.4 is 21.3 Å². The maximum atomic E-state index is 13.5. The molecule has 20 heteroatoms. The summed E-state index contributed by atoms with van der Waals surface area (Å²) in [6.45, 7) is 40.5. The van der Waals surface area contributed by atoms with Crippen LogP contribution in [0.15, 0.2) is 140 Å². The smallest absolute Gasteiger partial charge is 0.478 e. The zero-order chi connectivity index (χ0) is 85.0. The summed E-state index contributed by atoms with van der Waals surface area (Å²) in [7, 11) is -0.250. The molecule has 9 aliphatic rings. The molecule has 1 saturated heterocycles. The van der Waals surface area contributed by atoms with E-state index in [2.05, 4.69) is 161 Å². The number of ketones is 4. The number of aryl methyl sites for hydroxylation is 4. The first-order valence-electron chi connectivity index (χ1n) is 40.2. The average molecular weight is 1720 g/mol. The Labute approximate surface area is 722 Å². The second-order valence-corrected chi connectivity index (χ2v) is 36.3. The molecule has 9 atom stereocenters. The van der Waals surface area contributed by atoms with Gasteiger partial charge in [0.15, 0.2) is 23.1 Å². The quantitative estimate of drug-likeness (QED) is 0.0522. The SMILES string of the molecule is C.C.C.C=CB1OC(C)(C)C(C)(C)O1.C=Cc1cc2c(cc1CC)C(=O)C1c3ccc(C#N)cc3NC1C2(C)C.CCc1cc2c(cc1C(=O)O)C(C)(C)C1Nc3cc(C#N)ccc3C1C2=O.CCc1cc2c(cc1I)C(C)(C)C1Nc3cc(C#N)ccc3C1C2=O.CCc1cc2c(cc1[C@@H](O)CO)C(C)(C)C1Nc3cc(C#N)ccc3C1C2=O. The van der Waals surface area contributed by atoms with E-state index in [1.165, 1.54) is 9.13 Å². The molecule has 0 radical (unpaired) electrons. The Morgan fingerprint density at radius 1 is 0.467 bits per heavy atom. The predicted molar refractivity (Wildman–Crippen MR) is 486 cm³/mol. The Balaban J connectivity index is 0.000000160. The lowest BCUT2D eigenvalue weighted by atomic mass is 9.63. The number of hydrogen-bond donors (Lipinski definition) is 7. The van der Waals surface area contributed by atoms with Crippen LogP contribution in [0.25, 0.3) is 6.08 Å². The molecule has 120 heavy (non-hydrogen) atoms. The maximum Gasteiger partial charge on any atom is 0.486 e. The highest BCUT2D eigenvalue weighted by atomic mass is 127. The van der Waals surface area contributed by atoms with Crippen LogP contribution >= 0.6 is 22.6 Å². The molecule has 0 bridgehead atoms. The van der Waals surface area contributed by atoms with Crippen molar-refractivity contribution in [1.82, 2.24) is 0 Å². The van der Waals surface area contributed by atoms with Crippen molar-refractivity contribution in [2.45, 2.75) is 246 Å². The molecule has 8 aromatic carbocycles. The summed E-state index contributed by atoms with van der Waals surface area (Å²) in [6, 6.07) is 46.1. The van der Waals surface area contributed by atoms with Gasteiger partial charge in [0.2, 0.25) is 0 Å². The number of aromatic carboxylic acids is 1. The van der Waals surface area contributed by atoms with Crippen LogP contribution in [0.1, 0.15) is 315 Å². The van der Waals surface area contributed by atoms with Crippen molar-refractivity contribution < 1.29 is 48.6 Å². The lowest BCUT2D eigenvalue weighted by Gasteiger charge is -2.42. The third kappa shape index (κ3) is 15.2. The molecule has 18 nitrogen and oxygen atoms in total. The van der Waals surface area contributed by atoms with Crippen molar-refractivity contribution in [3.8, 4) is 24.3 Å². The number of anilines is 4. The number of carbonyl (C=O) groups is 5. The van der Waals surface area contributed by atoms with E-state index >= 15 is 0 Å². The molecular formula is C100H112BIN8O10. The number of benzene rings is 8. The number of rotatable bonds is 9. The molecule has 0 amide bonds. The van der Waals surface area contributed by atoms with Crippen molar-refractivity contribution in [3.63, 3.8) is 0 Å². The fourth-order valence-corrected chi connectivity index (χ4v) is 20.0. The summed E-state index contributed by atoms with van der Waals surface area (Å²) in [4.78, 5) is 65.4. The number of carbonyl (C=O) groups excluding carboxylic acids is 4. The topological polar surface area (TPSA) is 308 Å². The number of aliphatic hydroxyl groups excluding tert-OH is 2. The van der Waals surface area contributed by atoms with Crippen molar-refractivity contribution in [2.24, 2.45) is 0 Å². The highest BCUT2D eigenvalue weighted by molar-refractivity contribution is 14.1. The van der Waals surface area contributed by atoms with Gasteiger partial charge in [0.05, 0.1) is 93.6 Å². The minimum absolute atomic E-state index is 0. The summed E-state index contributed by atoms with van der Waals surface area (Å²) >= 11 is 2.37. The van der Waals surface area contributed by atoms with Crippen molar-refractivity contribution in [1.29, 1.82) is 21.0 Å². The summed E-state index contributed by atoms with van der Waals surface area (Å²) in [5, 5.41) is 80.0. The lowest BCUT2D eigenvalue weighted by Crippen LogP contribution is -2.48. The van der Waals surface area contributed by atoms with E-state index in [-0.39, 0.29) is 140 Å². The van der Waals surface area contributed by atoms with E-state index < -0.39 is 17.5 Å². The number of carboxylic acid groups (broad SMARTS) is 1. The van der Waals surface area contributed by atoms with Gasteiger partial charge in [-0.15, -0.1) is 6.58 Å². The molecule has 8 unspecified atom stereocenters. The van der Waals surface area contributed by atoms with Crippen molar-refractivity contribution >= 4 is 87.6 Å². The van der Waals surface area contributed by atoms with Gasteiger partial charge >= 0.3 is 13.1 Å². The van der Waals surface area contributed by atoms with Crippen LogP contribution in [0.5, 0.6) is 0 Å². The Hall–Kier alpha value is -10.8. The molecule has 622 valence electrons. The number of carboxylic acids is 1. The number of nitriles is 4. The number of Topliss-reactive ketones (excluding diaryl/α,β-unsaturated/α-hetero) is 4. The van der Waals surface area contributed by atoms with Gasteiger partial charge in [0.1, 0.15) is 6.10 Å². The highest BCUT2D eigenvalue weighted by Crippen LogP contribution is 2.57. The number of halogens is 1. The van der Waals surface area contributed by atoms with Gasteiger partial charge in [-0.25, -0.2) is 4.79 Å². The number of nitrogens with one attached hydrogen (secondary N) is 4. The first-order chi connectivity index (χ1) is 55.3. The summed E-state index contributed by atoms with van der Waals surface area (Å²) in [6.07, 6.45) is 3.93. The highest BCUT2D eigenvalue weighted by Gasteiger charge is 2.57. The van der Waals surface area contributed by atoms with Gasteiger partial charge in [0, 0.05) is 94.4 Å². The Morgan fingerprint density at radius 2 is 0.767 bits per heavy atom. The van der Waals surface area contributed by atoms with E-state index in [0.29, 0.717) is 57.3 Å². The van der Waals surface area contributed by atoms with Gasteiger partial charge in [-0.2, -0.15) is 21.0 Å². The third-order valence-electron chi connectivity index (χ3n) is 26.7. The second kappa shape index (κ2) is 34.0. The monoisotopic (exact) mass is 1720 g/mol. The number of nitrogens with zero attached hydrogens (tertiary/aromatic N) is 4. The van der Waals surface area contributed by atoms with Crippen LogP contribution in [-0.2, 0) is 56.7 Å². The number of hydrogen-bond acceptors (Lipinski definition) is 17. The molecule has 7 N–H and O–H groups in total. The zero-order valence-electron chi connectivity index (χ0n) is 69.3. The molecule has 1 fully saturated rings. The summed E-state index contributed by atoms with van der Waals surface area (Å²) in [5.41, 5.74) is 20.9. The van der Waals surface area contributed by atoms with Crippen LogP contribution in [0.2, 0.25) is 0 Å². The standard InChI is InChI=1S/C23H24N2O3.C23H22N2O.C22H20N2O3.C21H19IN2O.C8H15BO2.3CH4/c1-4-13-8-16-17(9-15(13)19(27)11-26)23(2,3)22-20(21(16)28)14-6-5-12(10-24)7-18(14)25-22;1-5-14-10-17-18(11-15(14)6-2)23(3,4)22-20(21(17)26)16-8-7-13(12-24)9-19(16)25-22;1-4-12-8-15-16(9-14(12)21(26)27)22(2,3)20-18(19(15)25)13-6-5-11(10-23)7-17(13)24-20;1-4-12-8-14-15(9-16(12)22)21(2,3)20-18(19(14)25)13-6-5-11(10-23)7-17(13)24-20;1-6-9-10-7(2,3)8(4,5)11-9;;;/h5-9,19-20,22,25-27H,4,11H2,1-3H3;6-11,20,22,25H,2,5H2,1,3-4H3;5-9,18,20,24H,4H2,1-3H3,(H,26,27);5-9,18,20,24H,4H2,1-3H3;6H,1H2,2-5H3;3*1H4/t19-,20?,22?;;;;;;;/m0......./s1. The molecule has 0 spiro atoms. The molecule has 0 saturated carbocycles. The number of fused-ring (bicyclic) bond motifs is 16. The van der Waals surface area contributed by atoms with E-state index in [9.17, 15) is 49.8 Å². The minimum atomic E-state index is -0.971. The minimum Gasteiger partial charge on any atom is -0.478 e. The third-order valence-corrected chi connectivity index (χ3v) is 27.7. The Bertz CT molecular complexity index is 5710. The van der Waals surface area contributed by atoms with E-state index in [0.717, 1.165) is 108 Å². The van der Waals surface area contributed by atoms with Crippen molar-refractivity contribution in [3.05, 3.63) is 272 Å². The van der Waals surface area contributed by atoms with E-state index in [4.69, 9.17) is 19.8 Å². The van der Waals surface area contributed by atoms with Gasteiger partial charge in [-0.1, -0.05) is 160 Å². The fourth-order valence-electron chi connectivity index (χ4n) is 19.2. The molecule has 5 heterocycles. The molecular weight excluding hydrogens is 1610 g/mol. The van der Waals surface area contributed by atoms with E-state index in [1.807, 2.05) is 116 Å². The van der Waals surface area contributed by atoms with Crippen LogP contribution in [0.4, 0.5) is 22.7 Å². The van der Waals surface area contributed by atoms with Crippen LogP contribution in [0, 0.1) is 48.9 Å². The summed E-state index contributed by atoms with van der Waals surface area (Å²) in [5.74, 6) is 0.116. The normalized spacial score (nSPS) is 22.0. The Morgan fingerprint density at radius 3 is 1.06 bits per heavy atom. The van der Waals surface area contributed by atoms with E-state index in [1.54, 1.807) is 48.4 Å². The molecule has 4 aliphatic carbocycles. The Kier molecular flexibility index (Phi) is 25.9. The predicted octanol–water partition coefficient (Wildman–Crippen LogP) is 20.4. The van der Waals surface area contributed by atoms with Crippen molar-refractivity contribution in [2.75, 3.05) is 27.9 Å². The molecule has 8 aromatic rings. The van der Waals surface area contributed by atoms with Gasteiger partial charge in [-0.3, -0.25) is 19.2 Å². The molecule has 5 aliphatic heterocycles. The fraction of sp³-hybridized carbons (Fsp3) is 0.390. The largest absolute Gasteiger partial charge is 0.486 e. The first kappa shape index (κ1) is 91.5. The number of aliphatic hydroxyl groups is 2. The maximum absolute atomic E-state index is 13.5. The van der Waals surface area contributed by atoms with Gasteiger partial charge < -0.3 is 45.9 Å². The molecule has 17 rings (SSSR count).